The minimum Gasteiger partial charge on any atom is -0.444 e. The number of aliphatic hydroxyl groups excluding tert-OH is 1. The number of benzene rings is 1. The Bertz CT molecular complexity index is 901. The normalized spacial score (nSPS) is 18.5. The first-order valence-corrected chi connectivity index (χ1v) is 12.1. The van der Waals surface area contributed by atoms with E-state index >= 15 is 0 Å². The first kappa shape index (κ1) is 29.1. The van der Waals surface area contributed by atoms with Gasteiger partial charge >= 0.3 is 6.09 Å². The molecule has 0 aromatic heterocycles. The minimum atomic E-state index is -0.980. The Labute approximate surface area is 211 Å². The summed E-state index contributed by atoms with van der Waals surface area (Å²) in [6, 6.07) is 7.35. The van der Waals surface area contributed by atoms with Crippen LogP contribution in [-0.2, 0) is 30.6 Å². The van der Waals surface area contributed by atoms with E-state index in [9.17, 15) is 24.3 Å². The van der Waals surface area contributed by atoms with Crippen molar-refractivity contribution in [3.63, 3.8) is 0 Å². The summed E-state index contributed by atoms with van der Waals surface area (Å²) in [5.74, 6) is -1.62. The molecule has 4 N–H and O–H groups in total. The Kier molecular flexibility index (Phi) is 10.7. The van der Waals surface area contributed by atoms with Crippen molar-refractivity contribution in [2.45, 2.75) is 77.9 Å². The van der Waals surface area contributed by atoms with E-state index in [0.717, 1.165) is 5.56 Å². The van der Waals surface area contributed by atoms with Gasteiger partial charge < -0.3 is 20.5 Å². The van der Waals surface area contributed by atoms with Gasteiger partial charge in [0.25, 0.3) is 5.91 Å². The van der Waals surface area contributed by atoms with Gasteiger partial charge in [-0.05, 0) is 38.7 Å². The predicted octanol–water partition coefficient (Wildman–Crippen LogP) is 1.25. The van der Waals surface area contributed by atoms with Crippen molar-refractivity contribution >= 4 is 23.8 Å². The van der Waals surface area contributed by atoms with Gasteiger partial charge in [-0.3, -0.25) is 24.1 Å². The first-order chi connectivity index (χ1) is 16.9. The molecular weight excluding hydrogens is 468 g/mol. The number of β-amino-alcohol motifs (C(OH)–C–C–N with tert-alkyl or cyclic N) is 1. The van der Waals surface area contributed by atoms with Gasteiger partial charge in [0.1, 0.15) is 17.7 Å². The lowest BCUT2D eigenvalue weighted by Crippen LogP contribution is -2.54. The topological polar surface area (TPSA) is 146 Å². The highest BCUT2D eigenvalue weighted by molar-refractivity contribution is 5.93. The zero-order valence-corrected chi connectivity index (χ0v) is 21.6. The molecule has 11 nitrogen and oxygen atoms in total. The number of hydroxylamine groups is 1. The van der Waals surface area contributed by atoms with Crippen molar-refractivity contribution in [1.82, 2.24) is 21.0 Å². The molecule has 1 aliphatic heterocycles. The first-order valence-electron chi connectivity index (χ1n) is 12.1. The van der Waals surface area contributed by atoms with Crippen LogP contribution in [0, 0.1) is 5.92 Å². The number of hydrogen-bond acceptors (Lipinski definition) is 7. The van der Waals surface area contributed by atoms with Gasteiger partial charge in [-0.25, -0.2) is 10.3 Å². The summed E-state index contributed by atoms with van der Waals surface area (Å²) in [4.78, 5) is 56.8. The smallest absolute Gasteiger partial charge is 0.411 e. The largest absolute Gasteiger partial charge is 0.444 e. The molecule has 0 spiro atoms. The number of rotatable bonds is 10. The van der Waals surface area contributed by atoms with E-state index < -0.39 is 47.6 Å². The van der Waals surface area contributed by atoms with Gasteiger partial charge in [0.05, 0.1) is 25.8 Å². The van der Waals surface area contributed by atoms with Crippen molar-refractivity contribution < 1.29 is 33.9 Å². The Morgan fingerprint density at radius 2 is 1.81 bits per heavy atom. The standard InChI is InChI=1S/C25H38N4O7/c1-16(2)11-19(22(32)26-13-21(31)28-35-15-17-9-7-6-8-10-17)27-23(33)20-12-18(30)14-29(20)24(34)36-25(3,4)5/h6-10,16,18-20,30H,11-15H2,1-5H3,(H,26,32)(H,27,33)(H,28,31)/t18-,19+,20+/m1/s1. The van der Waals surface area contributed by atoms with Crippen LogP contribution in [0.4, 0.5) is 4.79 Å². The second-order valence-electron chi connectivity index (χ2n) is 10.2. The molecule has 0 saturated carbocycles. The Balaban J connectivity index is 1.91. The lowest BCUT2D eigenvalue weighted by molar-refractivity contribution is -0.136. The fourth-order valence-electron chi connectivity index (χ4n) is 3.66. The lowest BCUT2D eigenvalue weighted by atomic mass is 10.0. The summed E-state index contributed by atoms with van der Waals surface area (Å²) in [6.07, 6.45) is -1.25. The Morgan fingerprint density at radius 1 is 1.14 bits per heavy atom. The minimum absolute atomic E-state index is 0.0300. The van der Waals surface area contributed by atoms with Crippen molar-refractivity contribution in [3.8, 4) is 0 Å². The fraction of sp³-hybridized carbons (Fsp3) is 0.600. The summed E-state index contributed by atoms with van der Waals surface area (Å²) >= 11 is 0. The Morgan fingerprint density at radius 3 is 2.42 bits per heavy atom. The number of likely N-dealkylation sites (tertiary alicyclic amines) is 1. The van der Waals surface area contributed by atoms with Gasteiger partial charge in [-0.2, -0.15) is 0 Å². The average molecular weight is 507 g/mol. The quantitative estimate of drug-likeness (QED) is 0.349. The van der Waals surface area contributed by atoms with Crippen LogP contribution >= 0.6 is 0 Å². The molecule has 0 radical (unpaired) electrons. The second kappa shape index (κ2) is 13.2. The van der Waals surface area contributed by atoms with Gasteiger partial charge in [0.2, 0.25) is 11.8 Å². The fourth-order valence-corrected chi connectivity index (χ4v) is 3.66. The molecule has 3 atom stereocenters. The lowest BCUT2D eigenvalue weighted by Gasteiger charge is -2.29. The maximum absolute atomic E-state index is 13.0. The number of ether oxygens (including phenoxy) is 1. The molecule has 1 fully saturated rings. The monoisotopic (exact) mass is 506 g/mol. The summed E-state index contributed by atoms with van der Waals surface area (Å²) < 4.78 is 5.35. The third kappa shape index (κ3) is 9.82. The molecule has 0 unspecified atom stereocenters. The highest BCUT2D eigenvalue weighted by Gasteiger charge is 2.41. The Hall–Kier alpha value is -3.18. The number of nitrogens with one attached hydrogen (secondary N) is 3. The zero-order chi connectivity index (χ0) is 26.9. The molecule has 2 rings (SSSR count). The maximum Gasteiger partial charge on any atom is 0.411 e. The summed E-state index contributed by atoms with van der Waals surface area (Å²) in [7, 11) is 0. The average Bonchev–Trinajstić information content (AvgIpc) is 3.18. The predicted molar refractivity (Wildman–Crippen MR) is 131 cm³/mol. The van der Waals surface area contributed by atoms with Crippen LogP contribution in [0.15, 0.2) is 30.3 Å². The summed E-state index contributed by atoms with van der Waals surface area (Å²) in [5, 5.41) is 15.3. The summed E-state index contributed by atoms with van der Waals surface area (Å²) in [5.41, 5.74) is 2.37. The second-order valence-corrected chi connectivity index (χ2v) is 10.2. The number of nitrogens with zero attached hydrogens (tertiary/aromatic N) is 1. The van der Waals surface area contributed by atoms with Crippen molar-refractivity contribution in [2.24, 2.45) is 5.92 Å². The molecule has 1 aliphatic rings. The zero-order valence-electron chi connectivity index (χ0n) is 21.6. The van der Waals surface area contributed by atoms with Crippen LogP contribution in [0.25, 0.3) is 0 Å². The molecule has 0 bridgehead atoms. The molecule has 11 heteroatoms. The third-order valence-electron chi connectivity index (χ3n) is 5.24. The van der Waals surface area contributed by atoms with Crippen LogP contribution in [-0.4, -0.2) is 70.7 Å². The van der Waals surface area contributed by atoms with Crippen LogP contribution in [0.1, 0.15) is 53.0 Å². The number of carbonyl (C=O) groups excluding carboxylic acids is 4. The molecule has 36 heavy (non-hydrogen) atoms. The number of hydrogen-bond donors (Lipinski definition) is 4. The highest BCUT2D eigenvalue weighted by Crippen LogP contribution is 2.22. The molecular formula is C25H38N4O7. The van der Waals surface area contributed by atoms with Crippen LogP contribution in [0.5, 0.6) is 0 Å². The molecule has 1 aromatic rings. The molecule has 200 valence electrons. The SMILES string of the molecule is CC(C)C[C@H](NC(=O)[C@@H]1C[C@@H](O)CN1C(=O)OC(C)(C)C)C(=O)NCC(=O)NOCc1ccccc1. The molecule has 1 saturated heterocycles. The van der Waals surface area contributed by atoms with E-state index in [4.69, 9.17) is 9.57 Å². The van der Waals surface area contributed by atoms with Gasteiger partial charge in [0, 0.05) is 6.42 Å². The van der Waals surface area contributed by atoms with E-state index in [1.807, 2.05) is 44.2 Å². The van der Waals surface area contributed by atoms with Crippen LogP contribution in [0.3, 0.4) is 0 Å². The molecule has 0 aliphatic carbocycles. The van der Waals surface area contributed by atoms with Crippen molar-refractivity contribution in [2.75, 3.05) is 13.1 Å². The highest BCUT2D eigenvalue weighted by atomic mass is 16.6. The number of aliphatic hydroxyl groups is 1. The van der Waals surface area contributed by atoms with E-state index in [1.54, 1.807) is 20.8 Å². The number of amides is 4. The molecule has 1 aromatic carbocycles. The van der Waals surface area contributed by atoms with Gasteiger partial charge in [-0.15, -0.1) is 0 Å². The van der Waals surface area contributed by atoms with Gasteiger partial charge in [0.15, 0.2) is 0 Å². The van der Waals surface area contributed by atoms with Crippen LogP contribution in [0.2, 0.25) is 0 Å². The van der Waals surface area contributed by atoms with Gasteiger partial charge in [-0.1, -0.05) is 44.2 Å². The molecule has 1 heterocycles. The molecule has 4 amide bonds. The van der Waals surface area contributed by atoms with E-state index in [0.29, 0.717) is 6.42 Å². The van der Waals surface area contributed by atoms with Crippen molar-refractivity contribution in [3.05, 3.63) is 35.9 Å². The van der Waals surface area contributed by atoms with Crippen LogP contribution < -0.4 is 16.1 Å². The van der Waals surface area contributed by atoms with E-state index in [1.165, 1.54) is 4.90 Å². The van der Waals surface area contributed by atoms with E-state index in [2.05, 4.69) is 16.1 Å². The third-order valence-corrected chi connectivity index (χ3v) is 5.24. The van der Waals surface area contributed by atoms with Crippen molar-refractivity contribution in [1.29, 1.82) is 0 Å². The van der Waals surface area contributed by atoms with E-state index in [-0.39, 0.29) is 32.0 Å². The maximum atomic E-state index is 13.0. The summed E-state index contributed by atoms with van der Waals surface area (Å²) in [6.45, 7) is 8.69. The number of carbonyl (C=O) groups is 4.